The molecular weight excluding hydrogens is 266 g/mol. The van der Waals surface area contributed by atoms with Crippen LogP contribution < -0.4 is 15.8 Å². The molecule has 0 bridgehead atoms. The van der Waals surface area contributed by atoms with Crippen molar-refractivity contribution in [1.82, 2.24) is 10.2 Å². The summed E-state index contributed by atoms with van der Waals surface area (Å²) >= 11 is 0. The Kier molecular flexibility index (Phi) is 5.44. The Labute approximate surface area is 126 Å². The number of benzene rings is 1. The van der Waals surface area contributed by atoms with Crippen LogP contribution in [0, 0.1) is 0 Å². The summed E-state index contributed by atoms with van der Waals surface area (Å²) in [5.41, 5.74) is 6.82. The van der Waals surface area contributed by atoms with Gasteiger partial charge in [-0.25, -0.2) is 0 Å². The molecule has 1 aromatic rings. The van der Waals surface area contributed by atoms with Gasteiger partial charge in [-0.2, -0.15) is 0 Å². The molecule has 3 N–H and O–H groups in total. The minimum absolute atomic E-state index is 0.0983. The van der Waals surface area contributed by atoms with E-state index in [9.17, 15) is 4.79 Å². The summed E-state index contributed by atoms with van der Waals surface area (Å²) < 4.78 is 5.15. The van der Waals surface area contributed by atoms with Gasteiger partial charge in [-0.3, -0.25) is 4.79 Å². The number of hydrogen-bond donors (Lipinski definition) is 2. The van der Waals surface area contributed by atoms with Crippen molar-refractivity contribution in [1.29, 1.82) is 0 Å². The molecule has 5 nitrogen and oxygen atoms in total. The largest absolute Gasteiger partial charge is 0.495 e. The third-order valence-electron chi connectivity index (χ3n) is 3.89. The minimum Gasteiger partial charge on any atom is -0.495 e. The maximum Gasteiger partial charge on any atom is 0.253 e. The van der Waals surface area contributed by atoms with Crippen molar-refractivity contribution in [2.45, 2.75) is 32.2 Å². The zero-order valence-corrected chi connectivity index (χ0v) is 12.9. The number of ether oxygens (including phenoxy) is 1. The SMILES string of the molecule is COc1cccc(C(=O)NC(C)CN2CCCCC2)c1N. The Morgan fingerprint density at radius 3 is 2.76 bits per heavy atom. The number of rotatable bonds is 5. The second-order valence-corrected chi connectivity index (χ2v) is 5.66. The molecule has 1 fully saturated rings. The highest BCUT2D eigenvalue weighted by Gasteiger charge is 2.18. The van der Waals surface area contributed by atoms with E-state index in [-0.39, 0.29) is 11.9 Å². The lowest BCUT2D eigenvalue weighted by atomic mass is 10.1. The Morgan fingerprint density at radius 1 is 1.38 bits per heavy atom. The van der Waals surface area contributed by atoms with E-state index >= 15 is 0 Å². The Morgan fingerprint density at radius 2 is 2.10 bits per heavy atom. The van der Waals surface area contributed by atoms with E-state index in [0.717, 1.165) is 19.6 Å². The highest BCUT2D eigenvalue weighted by molar-refractivity contribution is 6.00. The van der Waals surface area contributed by atoms with Gasteiger partial charge in [-0.1, -0.05) is 12.5 Å². The van der Waals surface area contributed by atoms with Crippen LogP contribution in [-0.4, -0.2) is 43.6 Å². The number of nitrogen functional groups attached to an aromatic ring is 1. The van der Waals surface area contributed by atoms with Gasteiger partial charge in [-0.05, 0) is 45.0 Å². The molecule has 0 radical (unpaired) electrons. The molecule has 1 heterocycles. The van der Waals surface area contributed by atoms with Crippen molar-refractivity contribution in [3.8, 4) is 5.75 Å². The molecule has 1 aliphatic heterocycles. The first kappa shape index (κ1) is 15.6. The van der Waals surface area contributed by atoms with E-state index in [1.54, 1.807) is 25.3 Å². The van der Waals surface area contributed by atoms with E-state index in [1.807, 2.05) is 6.92 Å². The first-order chi connectivity index (χ1) is 10.1. The predicted octanol–water partition coefficient (Wildman–Crippen LogP) is 1.88. The molecule has 0 saturated carbocycles. The van der Waals surface area contributed by atoms with Crippen molar-refractivity contribution in [3.05, 3.63) is 23.8 Å². The quantitative estimate of drug-likeness (QED) is 0.813. The van der Waals surface area contributed by atoms with Crippen molar-refractivity contribution in [2.75, 3.05) is 32.5 Å². The number of methoxy groups -OCH3 is 1. The van der Waals surface area contributed by atoms with E-state index in [0.29, 0.717) is 17.0 Å². The summed E-state index contributed by atoms with van der Waals surface area (Å²) in [7, 11) is 1.55. The number of carbonyl (C=O) groups excluding carboxylic acids is 1. The van der Waals surface area contributed by atoms with Crippen LogP contribution in [0.25, 0.3) is 0 Å². The lowest BCUT2D eigenvalue weighted by molar-refractivity contribution is 0.0926. The molecule has 5 heteroatoms. The fourth-order valence-electron chi connectivity index (χ4n) is 2.80. The zero-order chi connectivity index (χ0) is 15.2. The number of nitrogens with two attached hydrogens (primary N) is 1. The molecule has 0 aromatic heterocycles. The molecule has 1 aliphatic rings. The van der Waals surface area contributed by atoms with Gasteiger partial charge in [0.15, 0.2) is 0 Å². The minimum atomic E-state index is -0.143. The summed E-state index contributed by atoms with van der Waals surface area (Å²) in [6.45, 7) is 5.17. The summed E-state index contributed by atoms with van der Waals surface area (Å²) in [4.78, 5) is 14.7. The van der Waals surface area contributed by atoms with Crippen molar-refractivity contribution in [3.63, 3.8) is 0 Å². The van der Waals surface area contributed by atoms with Gasteiger partial charge in [0.25, 0.3) is 5.91 Å². The number of carbonyl (C=O) groups is 1. The van der Waals surface area contributed by atoms with E-state index in [1.165, 1.54) is 19.3 Å². The molecule has 0 spiro atoms. The van der Waals surface area contributed by atoms with Crippen molar-refractivity contribution in [2.24, 2.45) is 0 Å². The van der Waals surface area contributed by atoms with Gasteiger partial charge >= 0.3 is 0 Å². The van der Waals surface area contributed by atoms with Crippen LogP contribution in [0.3, 0.4) is 0 Å². The number of amides is 1. The number of nitrogens with zero attached hydrogens (tertiary/aromatic N) is 1. The molecular formula is C16H25N3O2. The van der Waals surface area contributed by atoms with Crippen LogP contribution in [0.5, 0.6) is 5.75 Å². The van der Waals surface area contributed by atoms with Crippen LogP contribution in [0.15, 0.2) is 18.2 Å². The first-order valence-electron chi connectivity index (χ1n) is 7.57. The Bertz CT molecular complexity index is 484. The van der Waals surface area contributed by atoms with E-state index in [4.69, 9.17) is 10.5 Å². The van der Waals surface area contributed by atoms with Crippen LogP contribution in [0.1, 0.15) is 36.5 Å². The van der Waals surface area contributed by atoms with E-state index in [2.05, 4.69) is 10.2 Å². The molecule has 1 unspecified atom stereocenters. The smallest absolute Gasteiger partial charge is 0.253 e. The molecule has 116 valence electrons. The van der Waals surface area contributed by atoms with Gasteiger partial charge in [0.2, 0.25) is 0 Å². The third kappa shape index (κ3) is 4.11. The van der Waals surface area contributed by atoms with Crippen molar-refractivity contribution < 1.29 is 9.53 Å². The molecule has 1 saturated heterocycles. The number of nitrogens with one attached hydrogen (secondary N) is 1. The third-order valence-corrected chi connectivity index (χ3v) is 3.89. The van der Waals surface area contributed by atoms with Gasteiger partial charge in [0.05, 0.1) is 18.4 Å². The summed E-state index contributed by atoms with van der Waals surface area (Å²) in [5.74, 6) is 0.391. The van der Waals surface area contributed by atoms with Gasteiger partial charge in [-0.15, -0.1) is 0 Å². The lowest BCUT2D eigenvalue weighted by Crippen LogP contribution is -2.43. The van der Waals surface area contributed by atoms with Gasteiger partial charge < -0.3 is 20.7 Å². The molecule has 2 rings (SSSR count). The molecule has 21 heavy (non-hydrogen) atoms. The molecule has 0 aliphatic carbocycles. The predicted molar refractivity (Wildman–Crippen MR) is 84.6 cm³/mol. The van der Waals surface area contributed by atoms with Crippen LogP contribution in [0.2, 0.25) is 0 Å². The second-order valence-electron chi connectivity index (χ2n) is 5.66. The maximum atomic E-state index is 12.3. The van der Waals surface area contributed by atoms with Crippen LogP contribution in [0.4, 0.5) is 5.69 Å². The standard InChI is InChI=1S/C16H25N3O2/c1-12(11-19-9-4-3-5-10-19)18-16(20)13-7-6-8-14(21-2)15(13)17/h6-8,12H,3-5,9-11,17H2,1-2H3,(H,18,20). The fourth-order valence-corrected chi connectivity index (χ4v) is 2.80. The van der Waals surface area contributed by atoms with E-state index < -0.39 is 0 Å². The second kappa shape index (κ2) is 7.31. The Balaban J connectivity index is 1.94. The molecule has 1 aromatic carbocycles. The summed E-state index contributed by atoms with van der Waals surface area (Å²) in [6.07, 6.45) is 3.82. The number of piperidine rings is 1. The zero-order valence-electron chi connectivity index (χ0n) is 12.9. The molecule has 1 atom stereocenters. The number of para-hydroxylation sites is 1. The average molecular weight is 291 g/mol. The normalized spacial score (nSPS) is 17.2. The first-order valence-corrected chi connectivity index (χ1v) is 7.57. The number of hydrogen-bond acceptors (Lipinski definition) is 4. The average Bonchev–Trinajstić information content (AvgIpc) is 2.48. The van der Waals surface area contributed by atoms with Crippen LogP contribution in [-0.2, 0) is 0 Å². The lowest BCUT2D eigenvalue weighted by Gasteiger charge is -2.29. The summed E-state index contributed by atoms with van der Waals surface area (Å²) in [5, 5.41) is 3.02. The maximum absolute atomic E-state index is 12.3. The highest BCUT2D eigenvalue weighted by atomic mass is 16.5. The van der Waals surface area contributed by atoms with Crippen molar-refractivity contribution >= 4 is 11.6 Å². The molecule has 1 amide bonds. The van der Waals surface area contributed by atoms with Gasteiger partial charge in [0, 0.05) is 12.6 Å². The van der Waals surface area contributed by atoms with Gasteiger partial charge in [0.1, 0.15) is 5.75 Å². The highest BCUT2D eigenvalue weighted by Crippen LogP contribution is 2.24. The fraction of sp³-hybridized carbons (Fsp3) is 0.562. The Hall–Kier alpha value is -1.75. The topological polar surface area (TPSA) is 67.6 Å². The van der Waals surface area contributed by atoms with Crippen LogP contribution >= 0.6 is 0 Å². The number of likely N-dealkylation sites (tertiary alicyclic amines) is 1. The number of anilines is 1. The summed E-state index contributed by atoms with van der Waals surface area (Å²) in [6, 6.07) is 5.35. The monoisotopic (exact) mass is 291 g/mol.